The second kappa shape index (κ2) is 9.08. The van der Waals surface area contributed by atoms with Crippen molar-refractivity contribution in [3.05, 3.63) is 60.1 Å². The monoisotopic (exact) mass is 519 g/mol. The summed E-state index contributed by atoms with van der Waals surface area (Å²) < 4.78 is 65.7. The average Bonchev–Trinajstić information content (AvgIpc) is 3.61. The van der Waals surface area contributed by atoms with Gasteiger partial charge < -0.3 is 4.90 Å². The Hall–Kier alpha value is -3.68. The number of nitrogens with one attached hydrogen (secondary N) is 1. The number of sulfonamides is 1. The van der Waals surface area contributed by atoms with Crippen LogP contribution in [0.1, 0.15) is 53.6 Å². The fourth-order valence-electron chi connectivity index (χ4n) is 3.97. The van der Waals surface area contributed by atoms with E-state index in [2.05, 4.69) is 29.6 Å². The number of nitrogens with zero attached hydrogens (tertiary/aromatic N) is 6. The van der Waals surface area contributed by atoms with Gasteiger partial charge in [-0.3, -0.25) is 19.5 Å². The van der Waals surface area contributed by atoms with E-state index in [0.717, 1.165) is 0 Å². The second-order valence-corrected chi connectivity index (χ2v) is 10.5. The molecule has 1 saturated carbocycles. The molecule has 1 aliphatic heterocycles. The molecule has 3 aromatic rings. The van der Waals surface area contributed by atoms with E-state index < -0.39 is 33.2 Å². The fourth-order valence-corrected chi connectivity index (χ4v) is 5.25. The van der Waals surface area contributed by atoms with Crippen molar-refractivity contribution in [1.29, 1.82) is 0 Å². The Bertz CT molecular complexity index is 1400. The van der Waals surface area contributed by atoms with E-state index in [0.29, 0.717) is 44.1 Å². The molecule has 1 amide bonds. The van der Waals surface area contributed by atoms with Crippen molar-refractivity contribution in [1.82, 2.24) is 29.8 Å². The summed E-state index contributed by atoms with van der Waals surface area (Å²) >= 11 is 0. The predicted molar refractivity (Wildman–Crippen MR) is 121 cm³/mol. The molecule has 1 saturated heterocycles. The molecule has 0 bridgehead atoms. The number of halogens is 3. The summed E-state index contributed by atoms with van der Waals surface area (Å²) in [4.78, 5) is 34.5. The first kappa shape index (κ1) is 24.0. The number of alkyl halides is 3. The standard InChI is InChI=1S/C22H20F3N7O3S/c23-22(24,25)19-12-26-11-17(29-19)13-3-6-16(28-10-13)20(33)32-9-1-2-18(32)15-7-8-27-21(30-15)31-36(34,35)14-4-5-14/h3,6-8,10-12,14,18H,1-2,4-5,9H2,(H,27,30,31)/t18-/m1/s1. The molecule has 5 rings (SSSR count). The van der Waals surface area contributed by atoms with Gasteiger partial charge in [-0.25, -0.2) is 23.4 Å². The van der Waals surface area contributed by atoms with Gasteiger partial charge in [0.1, 0.15) is 5.69 Å². The molecule has 0 spiro atoms. The smallest absolute Gasteiger partial charge is 0.329 e. The summed E-state index contributed by atoms with van der Waals surface area (Å²) in [5, 5.41) is -0.426. The SMILES string of the molecule is O=C(c1ccc(-c2cncc(C(F)(F)F)n2)cn1)N1CCC[C@@H]1c1ccnc(NS(=O)(=O)C2CC2)n1. The number of carbonyl (C=O) groups excluding carboxylic acids is 1. The lowest BCUT2D eigenvalue weighted by molar-refractivity contribution is -0.141. The molecule has 1 atom stereocenters. The largest absolute Gasteiger partial charge is 0.434 e. The summed E-state index contributed by atoms with van der Waals surface area (Å²) in [5.74, 6) is -0.415. The van der Waals surface area contributed by atoms with Crippen molar-refractivity contribution >= 4 is 21.9 Å². The first-order valence-electron chi connectivity index (χ1n) is 11.1. The maximum atomic E-state index is 13.2. The van der Waals surface area contributed by atoms with E-state index in [1.54, 1.807) is 11.0 Å². The molecule has 36 heavy (non-hydrogen) atoms. The van der Waals surface area contributed by atoms with E-state index in [1.165, 1.54) is 30.7 Å². The van der Waals surface area contributed by atoms with E-state index in [1.807, 2.05) is 0 Å². The van der Waals surface area contributed by atoms with Gasteiger partial charge >= 0.3 is 6.18 Å². The molecular formula is C22H20F3N7O3S. The molecule has 14 heteroatoms. The summed E-state index contributed by atoms with van der Waals surface area (Å²) in [6.07, 6.45) is 2.45. The van der Waals surface area contributed by atoms with Gasteiger partial charge in [-0.15, -0.1) is 0 Å². The quantitative estimate of drug-likeness (QED) is 0.525. The number of likely N-dealkylation sites (tertiary alicyclic amines) is 1. The second-order valence-electron chi connectivity index (χ2n) is 8.53. The molecule has 3 aromatic heterocycles. The Kier molecular flexibility index (Phi) is 6.06. The molecular weight excluding hydrogens is 499 g/mol. The average molecular weight is 520 g/mol. The zero-order valence-corrected chi connectivity index (χ0v) is 19.5. The van der Waals surface area contributed by atoms with Gasteiger partial charge in [0.15, 0.2) is 5.69 Å². The highest BCUT2D eigenvalue weighted by atomic mass is 32.2. The zero-order chi connectivity index (χ0) is 25.5. The van der Waals surface area contributed by atoms with Gasteiger partial charge in [-0.1, -0.05) is 0 Å². The van der Waals surface area contributed by atoms with Gasteiger partial charge in [0.25, 0.3) is 5.91 Å². The minimum atomic E-state index is -4.63. The topological polar surface area (TPSA) is 131 Å². The third-order valence-electron chi connectivity index (χ3n) is 5.93. The van der Waals surface area contributed by atoms with Crippen molar-refractivity contribution in [3.63, 3.8) is 0 Å². The van der Waals surface area contributed by atoms with Crippen molar-refractivity contribution in [2.45, 2.75) is 43.2 Å². The Morgan fingerprint density at radius 3 is 2.53 bits per heavy atom. The molecule has 0 aromatic carbocycles. The Balaban J connectivity index is 1.33. The normalized spacial score (nSPS) is 18.3. The van der Waals surface area contributed by atoms with E-state index in [-0.39, 0.29) is 28.8 Å². The zero-order valence-electron chi connectivity index (χ0n) is 18.7. The minimum absolute atomic E-state index is 0.0162. The number of anilines is 1. The van der Waals surface area contributed by atoms with Crippen LogP contribution in [0.15, 0.2) is 43.0 Å². The van der Waals surface area contributed by atoms with Crippen LogP contribution in [-0.4, -0.2) is 55.9 Å². The third kappa shape index (κ3) is 4.98. The Labute approximate surface area is 204 Å². The van der Waals surface area contributed by atoms with Crippen LogP contribution in [0.2, 0.25) is 0 Å². The van der Waals surface area contributed by atoms with Crippen molar-refractivity contribution in [2.75, 3.05) is 11.3 Å². The van der Waals surface area contributed by atoms with Gasteiger partial charge in [0, 0.05) is 24.5 Å². The van der Waals surface area contributed by atoms with E-state index >= 15 is 0 Å². The molecule has 2 aliphatic rings. The molecule has 1 aliphatic carbocycles. The van der Waals surface area contributed by atoms with Crippen LogP contribution >= 0.6 is 0 Å². The summed E-state index contributed by atoms with van der Waals surface area (Å²) in [5.41, 5.74) is -0.248. The number of rotatable bonds is 6. The van der Waals surface area contributed by atoms with Crippen LogP contribution in [0.25, 0.3) is 11.3 Å². The summed E-state index contributed by atoms with van der Waals surface area (Å²) in [6.45, 7) is 0.444. The maximum absolute atomic E-state index is 13.2. The first-order valence-corrected chi connectivity index (χ1v) is 12.7. The summed E-state index contributed by atoms with van der Waals surface area (Å²) in [7, 11) is -3.53. The van der Waals surface area contributed by atoms with Gasteiger partial charge in [0.05, 0.1) is 35.1 Å². The van der Waals surface area contributed by atoms with Gasteiger partial charge in [0.2, 0.25) is 16.0 Å². The highest BCUT2D eigenvalue weighted by Crippen LogP contribution is 2.33. The lowest BCUT2D eigenvalue weighted by Crippen LogP contribution is -2.31. The van der Waals surface area contributed by atoms with Crippen LogP contribution in [0, 0.1) is 0 Å². The number of carbonyl (C=O) groups is 1. The van der Waals surface area contributed by atoms with E-state index in [4.69, 9.17) is 0 Å². The molecule has 188 valence electrons. The van der Waals surface area contributed by atoms with E-state index in [9.17, 15) is 26.4 Å². The summed E-state index contributed by atoms with van der Waals surface area (Å²) in [6, 6.07) is 4.11. The van der Waals surface area contributed by atoms with Crippen molar-refractivity contribution in [3.8, 4) is 11.3 Å². The molecule has 0 unspecified atom stereocenters. The van der Waals surface area contributed by atoms with Crippen molar-refractivity contribution < 1.29 is 26.4 Å². The fraction of sp³-hybridized carbons (Fsp3) is 0.364. The van der Waals surface area contributed by atoms with Gasteiger partial charge in [-0.2, -0.15) is 13.2 Å². The maximum Gasteiger partial charge on any atom is 0.434 e. The Morgan fingerprint density at radius 2 is 1.83 bits per heavy atom. The van der Waals surface area contributed by atoms with Crippen LogP contribution in [-0.2, 0) is 16.2 Å². The van der Waals surface area contributed by atoms with Crippen LogP contribution in [0.5, 0.6) is 0 Å². The van der Waals surface area contributed by atoms with Gasteiger partial charge in [-0.05, 0) is 43.9 Å². The number of hydrogen-bond acceptors (Lipinski definition) is 8. The number of hydrogen-bond donors (Lipinski definition) is 1. The Morgan fingerprint density at radius 1 is 1.03 bits per heavy atom. The number of amides is 1. The molecule has 4 heterocycles. The highest BCUT2D eigenvalue weighted by molar-refractivity contribution is 7.93. The third-order valence-corrected chi connectivity index (χ3v) is 7.75. The molecule has 10 nitrogen and oxygen atoms in total. The van der Waals surface area contributed by atoms with Crippen LogP contribution < -0.4 is 4.72 Å². The number of pyridine rings is 1. The predicted octanol–water partition coefficient (Wildman–Crippen LogP) is 3.23. The van der Waals surface area contributed by atoms with Crippen LogP contribution in [0.3, 0.4) is 0 Å². The molecule has 0 radical (unpaired) electrons. The first-order chi connectivity index (χ1) is 17.1. The minimum Gasteiger partial charge on any atom is -0.329 e. The lowest BCUT2D eigenvalue weighted by Gasteiger charge is -2.24. The lowest BCUT2D eigenvalue weighted by atomic mass is 10.1. The van der Waals surface area contributed by atoms with Crippen molar-refractivity contribution in [2.24, 2.45) is 0 Å². The molecule has 1 N–H and O–H groups in total. The van der Waals surface area contributed by atoms with Crippen LogP contribution in [0.4, 0.5) is 19.1 Å². The highest BCUT2D eigenvalue weighted by Gasteiger charge is 2.37. The number of aromatic nitrogens is 5. The molecule has 2 fully saturated rings.